The van der Waals surface area contributed by atoms with Crippen molar-refractivity contribution in [2.75, 3.05) is 7.05 Å². The first kappa shape index (κ1) is 19.5. The number of hydrogen-bond donors (Lipinski definition) is 1. The number of carbonyl (C=O) groups is 2. The summed E-state index contributed by atoms with van der Waals surface area (Å²) < 4.78 is 5.95. The molecular weight excluding hydrogens is 314 g/mol. The van der Waals surface area contributed by atoms with E-state index in [2.05, 4.69) is 5.32 Å². The molecule has 1 N–H and O–H groups in total. The van der Waals surface area contributed by atoms with Crippen molar-refractivity contribution < 1.29 is 14.3 Å². The predicted octanol–water partition coefficient (Wildman–Crippen LogP) is 4.33. The van der Waals surface area contributed by atoms with Crippen LogP contribution < -0.4 is 10.1 Å². The van der Waals surface area contributed by atoms with Gasteiger partial charge in [0.25, 0.3) is 0 Å². The van der Waals surface area contributed by atoms with Crippen LogP contribution in [-0.2, 0) is 4.79 Å². The van der Waals surface area contributed by atoms with Crippen molar-refractivity contribution >= 4 is 11.7 Å². The van der Waals surface area contributed by atoms with Crippen molar-refractivity contribution in [1.29, 1.82) is 0 Å². The van der Waals surface area contributed by atoms with Gasteiger partial charge in [-0.2, -0.15) is 0 Å². The summed E-state index contributed by atoms with van der Waals surface area (Å²) in [5, 5.41) is 2.68. The van der Waals surface area contributed by atoms with Crippen LogP contribution in [0.4, 0.5) is 0 Å². The minimum Gasteiger partial charge on any atom is -0.491 e. The third-order valence-corrected chi connectivity index (χ3v) is 4.71. The Kier molecular flexibility index (Phi) is 5.91. The molecule has 25 heavy (non-hydrogen) atoms. The molecule has 1 amide bonds. The van der Waals surface area contributed by atoms with Crippen LogP contribution in [0.15, 0.2) is 18.2 Å². The Morgan fingerprint density at radius 3 is 2.36 bits per heavy atom. The maximum Gasteiger partial charge on any atom is 0.223 e. The number of hydrogen-bond acceptors (Lipinski definition) is 3. The minimum absolute atomic E-state index is 0.0144. The molecule has 2 rings (SSSR count). The molecule has 1 aromatic carbocycles. The molecule has 1 atom stereocenters. The van der Waals surface area contributed by atoms with E-state index in [9.17, 15) is 9.59 Å². The Morgan fingerprint density at radius 1 is 1.24 bits per heavy atom. The monoisotopic (exact) mass is 345 g/mol. The minimum atomic E-state index is -0.359. The lowest BCUT2D eigenvalue weighted by Crippen LogP contribution is -2.37. The van der Waals surface area contributed by atoms with Crippen LogP contribution in [-0.4, -0.2) is 24.8 Å². The Morgan fingerprint density at radius 2 is 1.88 bits per heavy atom. The van der Waals surface area contributed by atoms with Crippen molar-refractivity contribution in [3.63, 3.8) is 0 Å². The molecule has 138 valence electrons. The van der Waals surface area contributed by atoms with E-state index in [1.165, 1.54) is 18.4 Å². The van der Waals surface area contributed by atoms with Crippen LogP contribution in [0.5, 0.6) is 5.75 Å². The molecule has 1 aliphatic rings. The van der Waals surface area contributed by atoms with Gasteiger partial charge in [-0.05, 0) is 49.7 Å². The highest BCUT2D eigenvalue weighted by Gasteiger charge is 2.33. The van der Waals surface area contributed by atoms with Crippen LogP contribution in [0.2, 0.25) is 0 Å². The summed E-state index contributed by atoms with van der Waals surface area (Å²) in [7, 11) is 1.62. The molecule has 0 bridgehead atoms. The Bertz CT molecular complexity index is 639. The van der Waals surface area contributed by atoms with Gasteiger partial charge in [-0.15, -0.1) is 0 Å². The number of Topliss-reactive ketones (excluding diaryl/α,β-unsaturated/α-hetero) is 1. The molecule has 1 saturated carbocycles. The van der Waals surface area contributed by atoms with E-state index in [0.29, 0.717) is 11.5 Å². The van der Waals surface area contributed by atoms with Crippen LogP contribution in [0.3, 0.4) is 0 Å². The average molecular weight is 345 g/mol. The van der Waals surface area contributed by atoms with Crippen molar-refractivity contribution in [3.05, 3.63) is 29.3 Å². The zero-order valence-corrected chi connectivity index (χ0v) is 16.3. The third-order valence-electron chi connectivity index (χ3n) is 4.71. The van der Waals surface area contributed by atoms with Gasteiger partial charge in [-0.25, -0.2) is 0 Å². The van der Waals surface area contributed by atoms with E-state index in [4.69, 9.17) is 4.74 Å². The second-order valence-electron chi connectivity index (χ2n) is 8.35. The van der Waals surface area contributed by atoms with Crippen LogP contribution >= 0.6 is 0 Å². The first-order chi connectivity index (χ1) is 11.6. The van der Waals surface area contributed by atoms with Crippen molar-refractivity contribution in [3.8, 4) is 5.75 Å². The lowest BCUT2D eigenvalue weighted by molar-refractivity contribution is -0.127. The SMILES string of the molecule is CNC(=O)[C@@H](CC(=O)c1ccc(C2CC2)c(OC(C)C)c1)C(C)(C)C. The molecule has 0 heterocycles. The van der Waals surface area contributed by atoms with Crippen molar-refractivity contribution in [2.24, 2.45) is 11.3 Å². The van der Waals surface area contributed by atoms with E-state index < -0.39 is 0 Å². The zero-order valence-electron chi connectivity index (χ0n) is 16.3. The molecular formula is C21H31NO3. The van der Waals surface area contributed by atoms with E-state index in [-0.39, 0.29) is 35.5 Å². The summed E-state index contributed by atoms with van der Waals surface area (Å²) in [4.78, 5) is 25.0. The van der Waals surface area contributed by atoms with Gasteiger partial charge in [0.1, 0.15) is 5.75 Å². The highest BCUT2D eigenvalue weighted by molar-refractivity contribution is 5.99. The molecule has 0 radical (unpaired) electrons. The van der Waals surface area contributed by atoms with Gasteiger partial charge in [0.05, 0.1) is 6.10 Å². The van der Waals surface area contributed by atoms with Gasteiger partial charge in [-0.1, -0.05) is 32.9 Å². The first-order valence-electron chi connectivity index (χ1n) is 9.19. The lowest BCUT2D eigenvalue weighted by Gasteiger charge is -2.28. The molecule has 0 spiro atoms. The maximum atomic E-state index is 12.8. The van der Waals surface area contributed by atoms with Gasteiger partial charge in [0.15, 0.2) is 5.78 Å². The number of nitrogens with one attached hydrogen (secondary N) is 1. The summed E-state index contributed by atoms with van der Waals surface area (Å²) in [6, 6.07) is 5.76. The van der Waals surface area contributed by atoms with Crippen LogP contribution in [0.25, 0.3) is 0 Å². The van der Waals surface area contributed by atoms with Gasteiger partial charge in [0, 0.05) is 24.9 Å². The molecule has 1 aliphatic carbocycles. The fourth-order valence-electron chi connectivity index (χ4n) is 3.07. The zero-order chi connectivity index (χ0) is 18.8. The van der Waals surface area contributed by atoms with E-state index in [1.807, 2.05) is 52.8 Å². The molecule has 1 fully saturated rings. The second kappa shape index (κ2) is 7.59. The van der Waals surface area contributed by atoms with Crippen LogP contribution in [0, 0.1) is 11.3 Å². The summed E-state index contributed by atoms with van der Waals surface area (Å²) in [5.41, 5.74) is 1.54. The first-order valence-corrected chi connectivity index (χ1v) is 9.19. The van der Waals surface area contributed by atoms with E-state index in [0.717, 1.165) is 5.75 Å². The molecule has 4 heteroatoms. The van der Waals surface area contributed by atoms with Gasteiger partial charge >= 0.3 is 0 Å². The second-order valence-corrected chi connectivity index (χ2v) is 8.35. The largest absolute Gasteiger partial charge is 0.491 e. The Labute approximate surface area is 151 Å². The highest BCUT2D eigenvalue weighted by Crippen LogP contribution is 2.45. The van der Waals surface area contributed by atoms with Gasteiger partial charge in [-0.3, -0.25) is 9.59 Å². The quantitative estimate of drug-likeness (QED) is 0.748. The fraction of sp³-hybridized carbons (Fsp3) is 0.619. The Hall–Kier alpha value is -1.84. The topological polar surface area (TPSA) is 55.4 Å². The Balaban J connectivity index is 2.24. The predicted molar refractivity (Wildman–Crippen MR) is 100 cm³/mol. The summed E-state index contributed by atoms with van der Waals surface area (Å²) >= 11 is 0. The van der Waals surface area contributed by atoms with Crippen molar-refractivity contribution in [1.82, 2.24) is 5.32 Å². The number of benzene rings is 1. The van der Waals surface area contributed by atoms with Crippen LogP contribution in [0.1, 0.15) is 75.7 Å². The molecule has 0 aliphatic heterocycles. The third kappa shape index (κ3) is 5.07. The lowest BCUT2D eigenvalue weighted by atomic mass is 9.76. The van der Waals surface area contributed by atoms with Gasteiger partial charge < -0.3 is 10.1 Å². The number of carbonyl (C=O) groups excluding carboxylic acids is 2. The summed E-state index contributed by atoms with van der Waals surface area (Å²) in [6.45, 7) is 9.95. The molecule has 1 aromatic rings. The van der Waals surface area contributed by atoms with Gasteiger partial charge in [0.2, 0.25) is 5.91 Å². The molecule has 0 aromatic heterocycles. The summed E-state index contributed by atoms with van der Waals surface area (Å²) in [6.07, 6.45) is 2.64. The standard InChI is InChI=1S/C21H31NO3/c1-13(2)25-19-11-15(9-10-16(19)14-7-8-14)18(23)12-17(20(24)22-6)21(3,4)5/h9-11,13-14,17H,7-8,12H2,1-6H3,(H,22,24)/t17-/m1/s1. The molecule has 0 unspecified atom stereocenters. The van der Waals surface area contributed by atoms with E-state index in [1.54, 1.807) is 7.05 Å². The highest BCUT2D eigenvalue weighted by atomic mass is 16.5. The number of ether oxygens (including phenoxy) is 1. The van der Waals surface area contributed by atoms with Crippen molar-refractivity contribution in [2.45, 2.75) is 65.9 Å². The summed E-state index contributed by atoms with van der Waals surface area (Å²) in [5.74, 6) is 0.915. The smallest absolute Gasteiger partial charge is 0.223 e. The molecule has 4 nitrogen and oxygen atoms in total. The normalized spacial score (nSPS) is 15.8. The molecule has 0 saturated heterocycles. The fourth-order valence-corrected chi connectivity index (χ4v) is 3.07. The average Bonchev–Trinajstić information content (AvgIpc) is 3.34. The number of rotatable bonds is 7. The number of ketones is 1. The van der Waals surface area contributed by atoms with E-state index >= 15 is 0 Å². The maximum absolute atomic E-state index is 12.8. The number of amides is 1.